The number of carbonyl (C=O) groups is 1. The van der Waals surface area contributed by atoms with Crippen molar-refractivity contribution in [2.75, 3.05) is 0 Å². The first-order valence-corrected chi connectivity index (χ1v) is 6.73. The molecular weight excluding hydrogens is 376 g/mol. The first-order valence-electron chi connectivity index (χ1n) is 4.84. The van der Waals surface area contributed by atoms with Gasteiger partial charge in [0.2, 0.25) is 0 Å². The molecule has 0 spiro atoms. The van der Waals surface area contributed by atoms with Crippen molar-refractivity contribution in [3.8, 4) is 10.4 Å². The minimum Gasteiger partial charge on any atom is -0.297 e. The van der Waals surface area contributed by atoms with Gasteiger partial charge in [0.15, 0.2) is 6.29 Å². The van der Waals surface area contributed by atoms with E-state index < -0.39 is 11.7 Å². The number of alkyl halides is 3. The fraction of sp³-hybridized carbons (Fsp3) is 0.0833. The summed E-state index contributed by atoms with van der Waals surface area (Å²) in [4.78, 5) is 12.1. The molecule has 6 heteroatoms. The van der Waals surface area contributed by atoms with E-state index in [1.807, 2.05) is 22.6 Å². The minimum atomic E-state index is -4.32. The predicted molar refractivity (Wildman–Crippen MR) is 72.9 cm³/mol. The molecule has 18 heavy (non-hydrogen) atoms. The fourth-order valence-electron chi connectivity index (χ4n) is 1.43. The smallest absolute Gasteiger partial charge is 0.297 e. The van der Waals surface area contributed by atoms with E-state index >= 15 is 0 Å². The second-order valence-electron chi connectivity index (χ2n) is 3.52. The van der Waals surface area contributed by atoms with Gasteiger partial charge in [0.25, 0.3) is 0 Å². The minimum absolute atomic E-state index is 0.588. The molecule has 2 aromatic rings. The average molecular weight is 382 g/mol. The quantitative estimate of drug-likeness (QED) is 0.536. The standard InChI is InChI=1S/C12H6F3IOS/c13-12(14,15)8-3-1-7(2-4-8)10-5-9(16)11(6-17)18-10/h1-6H. The van der Waals surface area contributed by atoms with Crippen molar-refractivity contribution in [3.63, 3.8) is 0 Å². The number of thiophene rings is 1. The summed E-state index contributed by atoms with van der Waals surface area (Å²) in [6.45, 7) is 0. The second-order valence-corrected chi connectivity index (χ2v) is 5.76. The molecule has 0 amide bonds. The van der Waals surface area contributed by atoms with Crippen LogP contribution in [0.3, 0.4) is 0 Å². The SMILES string of the molecule is O=Cc1sc(-c2ccc(C(F)(F)F)cc2)cc1I. The van der Waals surface area contributed by atoms with Crippen molar-refractivity contribution in [1.82, 2.24) is 0 Å². The fourth-order valence-corrected chi connectivity index (χ4v) is 3.28. The lowest BCUT2D eigenvalue weighted by Crippen LogP contribution is -2.03. The highest BCUT2D eigenvalue weighted by Crippen LogP contribution is 2.34. The lowest BCUT2D eigenvalue weighted by molar-refractivity contribution is -0.137. The Kier molecular flexibility index (Phi) is 3.76. The Bertz CT molecular complexity index is 572. The topological polar surface area (TPSA) is 17.1 Å². The van der Waals surface area contributed by atoms with Crippen molar-refractivity contribution in [3.05, 3.63) is 44.3 Å². The molecule has 0 saturated carbocycles. The maximum absolute atomic E-state index is 12.4. The van der Waals surface area contributed by atoms with Crippen molar-refractivity contribution in [2.24, 2.45) is 0 Å². The number of hydrogen-bond acceptors (Lipinski definition) is 2. The number of aldehydes is 1. The second kappa shape index (κ2) is 5.00. The summed E-state index contributed by atoms with van der Waals surface area (Å²) in [5.41, 5.74) is 0.00660. The van der Waals surface area contributed by atoms with Gasteiger partial charge in [0.1, 0.15) is 0 Å². The van der Waals surface area contributed by atoms with E-state index in [4.69, 9.17) is 0 Å². The van der Waals surface area contributed by atoms with Crippen LogP contribution in [0.2, 0.25) is 0 Å². The molecule has 0 aliphatic rings. The van der Waals surface area contributed by atoms with Crippen LogP contribution in [-0.4, -0.2) is 6.29 Å². The van der Waals surface area contributed by atoms with E-state index in [1.54, 1.807) is 6.07 Å². The summed E-state index contributed by atoms with van der Waals surface area (Å²) in [7, 11) is 0. The Labute approximate surface area is 119 Å². The van der Waals surface area contributed by atoms with Gasteiger partial charge in [0.05, 0.1) is 10.4 Å². The van der Waals surface area contributed by atoms with Crippen LogP contribution in [0, 0.1) is 3.57 Å². The van der Waals surface area contributed by atoms with Gasteiger partial charge in [-0.25, -0.2) is 0 Å². The summed E-state index contributed by atoms with van der Waals surface area (Å²) in [5, 5.41) is 0. The first-order chi connectivity index (χ1) is 8.41. The van der Waals surface area contributed by atoms with E-state index in [-0.39, 0.29) is 0 Å². The summed E-state index contributed by atoms with van der Waals surface area (Å²) in [6.07, 6.45) is -3.57. The van der Waals surface area contributed by atoms with E-state index in [2.05, 4.69) is 0 Å². The van der Waals surface area contributed by atoms with E-state index in [9.17, 15) is 18.0 Å². The molecule has 0 atom stereocenters. The molecule has 2 rings (SSSR count). The van der Waals surface area contributed by atoms with Crippen LogP contribution in [0.15, 0.2) is 30.3 Å². The van der Waals surface area contributed by atoms with Crippen LogP contribution >= 0.6 is 33.9 Å². The maximum atomic E-state index is 12.4. The molecule has 1 aromatic carbocycles. The molecule has 0 fully saturated rings. The molecule has 0 radical (unpaired) electrons. The van der Waals surface area contributed by atoms with E-state index in [1.165, 1.54) is 23.5 Å². The van der Waals surface area contributed by atoms with Crippen molar-refractivity contribution < 1.29 is 18.0 Å². The van der Waals surface area contributed by atoms with Crippen molar-refractivity contribution >= 4 is 40.2 Å². The van der Waals surface area contributed by atoms with Crippen LogP contribution in [0.4, 0.5) is 13.2 Å². The Hall–Kier alpha value is -0.890. The number of hydrogen-bond donors (Lipinski definition) is 0. The van der Waals surface area contributed by atoms with Gasteiger partial charge in [-0.2, -0.15) is 13.2 Å². The summed E-state index contributed by atoms with van der Waals surface area (Å²) in [5.74, 6) is 0. The number of rotatable bonds is 2. The summed E-state index contributed by atoms with van der Waals surface area (Å²) < 4.78 is 38.0. The Balaban J connectivity index is 2.37. The molecule has 0 saturated heterocycles. The highest BCUT2D eigenvalue weighted by molar-refractivity contribution is 14.1. The third-order valence-corrected chi connectivity index (χ3v) is 4.68. The Morgan fingerprint density at radius 2 is 1.78 bits per heavy atom. The van der Waals surface area contributed by atoms with Crippen LogP contribution in [0.25, 0.3) is 10.4 Å². The zero-order valence-electron chi connectivity index (χ0n) is 8.79. The number of benzene rings is 1. The van der Waals surface area contributed by atoms with Gasteiger partial charge in [-0.15, -0.1) is 11.3 Å². The number of carbonyl (C=O) groups excluding carboxylic acids is 1. The predicted octanol–water partition coefficient (Wildman–Crippen LogP) is 4.85. The van der Waals surface area contributed by atoms with Crippen LogP contribution in [0.1, 0.15) is 15.2 Å². The third kappa shape index (κ3) is 2.74. The van der Waals surface area contributed by atoms with Crippen LogP contribution in [-0.2, 0) is 6.18 Å². The van der Waals surface area contributed by atoms with Crippen LogP contribution in [0.5, 0.6) is 0 Å². The molecule has 0 N–H and O–H groups in total. The van der Waals surface area contributed by atoms with Gasteiger partial charge in [0, 0.05) is 8.45 Å². The molecule has 1 aromatic heterocycles. The van der Waals surface area contributed by atoms with E-state index in [0.29, 0.717) is 10.4 Å². The molecule has 0 unspecified atom stereocenters. The summed E-state index contributed by atoms with van der Waals surface area (Å²) in [6, 6.07) is 6.71. The lowest BCUT2D eigenvalue weighted by atomic mass is 10.1. The zero-order chi connectivity index (χ0) is 13.3. The van der Waals surface area contributed by atoms with Gasteiger partial charge in [-0.3, -0.25) is 4.79 Å². The molecule has 0 aliphatic carbocycles. The molecule has 1 nitrogen and oxygen atoms in total. The molecule has 1 heterocycles. The van der Waals surface area contributed by atoms with Crippen molar-refractivity contribution in [2.45, 2.75) is 6.18 Å². The zero-order valence-corrected chi connectivity index (χ0v) is 11.8. The maximum Gasteiger partial charge on any atom is 0.416 e. The van der Waals surface area contributed by atoms with Crippen LogP contribution < -0.4 is 0 Å². The lowest BCUT2D eigenvalue weighted by Gasteiger charge is -2.06. The van der Waals surface area contributed by atoms with Gasteiger partial charge < -0.3 is 0 Å². The normalized spacial score (nSPS) is 11.6. The van der Waals surface area contributed by atoms with Gasteiger partial charge >= 0.3 is 6.18 Å². The molecule has 0 bridgehead atoms. The third-order valence-electron chi connectivity index (χ3n) is 2.32. The first kappa shape index (κ1) is 13.5. The Morgan fingerprint density at radius 3 is 2.22 bits per heavy atom. The average Bonchev–Trinajstić information content (AvgIpc) is 2.69. The monoisotopic (exact) mass is 382 g/mol. The number of halogens is 4. The molecular formula is C12H6F3IOS. The summed E-state index contributed by atoms with van der Waals surface area (Å²) >= 11 is 3.30. The van der Waals surface area contributed by atoms with Gasteiger partial charge in [-0.05, 0) is 46.4 Å². The highest BCUT2D eigenvalue weighted by atomic mass is 127. The van der Waals surface area contributed by atoms with Gasteiger partial charge in [-0.1, -0.05) is 12.1 Å². The largest absolute Gasteiger partial charge is 0.416 e. The Morgan fingerprint density at radius 1 is 1.17 bits per heavy atom. The van der Waals surface area contributed by atoms with E-state index in [0.717, 1.165) is 26.9 Å². The molecule has 0 aliphatic heterocycles. The highest BCUT2D eigenvalue weighted by Gasteiger charge is 2.30. The molecule has 94 valence electrons. The van der Waals surface area contributed by atoms with Crippen molar-refractivity contribution in [1.29, 1.82) is 0 Å².